The van der Waals surface area contributed by atoms with E-state index in [9.17, 15) is 19.8 Å². The molecule has 0 bridgehead atoms. The fourth-order valence-electron chi connectivity index (χ4n) is 2.57. The highest BCUT2D eigenvalue weighted by Gasteiger charge is 2.47. The number of carbonyl (C=O) groups excluding carboxylic acids is 2. The zero-order valence-corrected chi connectivity index (χ0v) is 15.4. The lowest BCUT2D eigenvalue weighted by Gasteiger charge is -2.34. The Morgan fingerprint density at radius 1 is 1.08 bits per heavy atom. The van der Waals surface area contributed by atoms with Gasteiger partial charge in [0, 0.05) is 12.0 Å². The van der Waals surface area contributed by atoms with Gasteiger partial charge in [-0.25, -0.2) is 0 Å². The summed E-state index contributed by atoms with van der Waals surface area (Å²) < 4.78 is 0. The molecule has 4 nitrogen and oxygen atoms in total. The van der Waals surface area contributed by atoms with E-state index in [0.717, 1.165) is 17.2 Å². The van der Waals surface area contributed by atoms with Crippen LogP contribution >= 0.6 is 0 Å². The van der Waals surface area contributed by atoms with Crippen LogP contribution in [0.2, 0.25) is 0 Å². The number of hydrogen-bond acceptors (Lipinski definition) is 4. The summed E-state index contributed by atoms with van der Waals surface area (Å²) in [7, 11) is 0. The number of rotatable bonds is 6. The number of aliphatic hydroxyl groups is 2. The Labute approximate surface area is 144 Å². The normalized spacial score (nSPS) is 16.8. The largest absolute Gasteiger partial charge is 0.511 e. The molecule has 0 unspecified atom stereocenters. The number of Topliss-reactive ketones (excluding diaryl/α,β-unsaturated/α-hetero) is 2. The van der Waals surface area contributed by atoms with Gasteiger partial charge in [-0.1, -0.05) is 37.1 Å². The fourth-order valence-corrected chi connectivity index (χ4v) is 2.57. The highest BCUT2D eigenvalue weighted by Crippen LogP contribution is 2.43. The van der Waals surface area contributed by atoms with Gasteiger partial charge in [-0.15, -0.1) is 0 Å². The smallest absolute Gasteiger partial charge is 0.184 e. The van der Waals surface area contributed by atoms with Crippen LogP contribution in [0, 0.1) is 11.3 Å². The molecule has 0 radical (unpaired) electrons. The summed E-state index contributed by atoms with van der Waals surface area (Å²) in [6.45, 7) is 11.0. The summed E-state index contributed by atoms with van der Waals surface area (Å²) in [4.78, 5) is 25.6. The Bertz CT molecular complexity index is 629. The predicted octanol–water partition coefficient (Wildman–Crippen LogP) is 4.75. The van der Waals surface area contributed by atoms with Crippen molar-refractivity contribution in [2.24, 2.45) is 11.3 Å². The van der Waals surface area contributed by atoms with Gasteiger partial charge in [-0.3, -0.25) is 9.59 Å². The average Bonchev–Trinajstić information content (AvgIpc) is 2.45. The molecule has 1 aliphatic carbocycles. The van der Waals surface area contributed by atoms with E-state index in [1.807, 2.05) is 39.8 Å². The Morgan fingerprint density at radius 3 is 1.92 bits per heavy atom. The van der Waals surface area contributed by atoms with Crippen molar-refractivity contribution < 1.29 is 19.8 Å². The molecule has 0 amide bonds. The van der Waals surface area contributed by atoms with Gasteiger partial charge in [-0.2, -0.15) is 0 Å². The molecule has 1 rings (SSSR count). The van der Waals surface area contributed by atoms with Crippen molar-refractivity contribution in [1.29, 1.82) is 0 Å². The molecule has 0 atom stereocenters. The maximum absolute atomic E-state index is 13.1. The van der Waals surface area contributed by atoms with Crippen molar-refractivity contribution >= 4 is 11.6 Å². The van der Waals surface area contributed by atoms with Crippen LogP contribution in [-0.2, 0) is 9.59 Å². The van der Waals surface area contributed by atoms with Gasteiger partial charge in [0.25, 0.3) is 0 Å². The predicted molar refractivity (Wildman–Crippen MR) is 95.7 cm³/mol. The number of ketones is 2. The molecule has 0 fully saturated rings. The lowest BCUT2D eigenvalue weighted by Crippen LogP contribution is -2.40. The highest BCUT2D eigenvalue weighted by molar-refractivity contribution is 6.24. The Kier molecular flexibility index (Phi) is 6.35. The molecule has 0 aliphatic heterocycles. The summed E-state index contributed by atoms with van der Waals surface area (Å²) >= 11 is 0. The molecule has 0 aromatic rings. The Balaban J connectivity index is 3.51. The first-order chi connectivity index (χ1) is 11.0. The van der Waals surface area contributed by atoms with Gasteiger partial charge < -0.3 is 10.2 Å². The molecule has 132 valence electrons. The van der Waals surface area contributed by atoms with Crippen molar-refractivity contribution in [2.45, 2.75) is 54.4 Å². The van der Waals surface area contributed by atoms with Crippen molar-refractivity contribution in [3.8, 4) is 0 Å². The lowest BCUT2D eigenvalue weighted by molar-refractivity contribution is -0.129. The summed E-state index contributed by atoms with van der Waals surface area (Å²) in [5.41, 5.74) is 0.596. The molecular weight excluding hydrogens is 304 g/mol. The van der Waals surface area contributed by atoms with Crippen LogP contribution < -0.4 is 0 Å². The second-order valence-corrected chi connectivity index (χ2v) is 7.19. The third kappa shape index (κ3) is 4.05. The van der Waals surface area contributed by atoms with Crippen LogP contribution in [0.25, 0.3) is 0 Å². The first-order valence-corrected chi connectivity index (χ1v) is 8.23. The molecular formula is C20H28O4. The third-order valence-electron chi connectivity index (χ3n) is 4.17. The maximum Gasteiger partial charge on any atom is 0.184 e. The molecule has 0 saturated heterocycles. The van der Waals surface area contributed by atoms with E-state index in [-0.39, 0.29) is 24.2 Å². The quantitative estimate of drug-likeness (QED) is 0.544. The monoisotopic (exact) mass is 332 g/mol. The minimum Gasteiger partial charge on any atom is -0.511 e. The highest BCUT2D eigenvalue weighted by atomic mass is 16.3. The van der Waals surface area contributed by atoms with E-state index in [1.54, 1.807) is 13.8 Å². The van der Waals surface area contributed by atoms with Gasteiger partial charge >= 0.3 is 0 Å². The van der Waals surface area contributed by atoms with Crippen molar-refractivity contribution in [3.05, 3.63) is 46.5 Å². The summed E-state index contributed by atoms with van der Waals surface area (Å²) in [6.07, 6.45) is 5.46. The zero-order valence-electron chi connectivity index (χ0n) is 15.4. The van der Waals surface area contributed by atoms with E-state index < -0.39 is 28.7 Å². The van der Waals surface area contributed by atoms with Crippen LogP contribution in [0.15, 0.2) is 46.5 Å². The Morgan fingerprint density at radius 2 is 1.54 bits per heavy atom. The van der Waals surface area contributed by atoms with E-state index in [4.69, 9.17) is 0 Å². The van der Waals surface area contributed by atoms with E-state index in [0.29, 0.717) is 0 Å². The Hall–Kier alpha value is -2.10. The molecule has 0 saturated carbocycles. The number of aliphatic hydroxyl groups excluding tert-OH is 2. The maximum atomic E-state index is 13.1. The second-order valence-electron chi connectivity index (χ2n) is 7.19. The van der Waals surface area contributed by atoms with E-state index >= 15 is 0 Å². The van der Waals surface area contributed by atoms with E-state index in [1.165, 1.54) is 0 Å². The van der Waals surface area contributed by atoms with Gasteiger partial charge in [-0.05, 0) is 40.5 Å². The third-order valence-corrected chi connectivity index (χ3v) is 4.17. The summed E-state index contributed by atoms with van der Waals surface area (Å²) in [5.74, 6) is -1.96. The minimum atomic E-state index is -1.24. The van der Waals surface area contributed by atoms with Crippen LogP contribution in [0.3, 0.4) is 0 Å². The zero-order chi connectivity index (χ0) is 18.7. The average molecular weight is 332 g/mol. The molecule has 0 aromatic carbocycles. The summed E-state index contributed by atoms with van der Waals surface area (Å²) in [6, 6.07) is 0. The molecule has 4 heteroatoms. The molecule has 1 aliphatic rings. The summed E-state index contributed by atoms with van der Waals surface area (Å²) in [5, 5.41) is 20.6. The van der Waals surface area contributed by atoms with Gasteiger partial charge in [0.15, 0.2) is 11.6 Å². The van der Waals surface area contributed by atoms with Crippen LogP contribution in [-0.4, -0.2) is 21.8 Å². The van der Waals surface area contributed by atoms with Crippen molar-refractivity contribution in [3.63, 3.8) is 0 Å². The molecule has 0 aromatic heterocycles. The van der Waals surface area contributed by atoms with Gasteiger partial charge in [0.05, 0.1) is 5.41 Å². The van der Waals surface area contributed by atoms with Crippen LogP contribution in [0.5, 0.6) is 0 Å². The fraction of sp³-hybridized carbons (Fsp3) is 0.500. The number of carbonyl (C=O) groups is 2. The van der Waals surface area contributed by atoms with Crippen LogP contribution in [0.4, 0.5) is 0 Å². The second kappa shape index (κ2) is 7.65. The van der Waals surface area contributed by atoms with Gasteiger partial charge in [0.2, 0.25) is 0 Å². The number of allylic oxidation sites excluding steroid dienone is 7. The SMILES string of the molecule is CC(C)=CCC1(CC=C(C)C)C(=O)C(C(=O)C(C)C)=C(O)C=C1O. The van der Waals surface area contributed by atoms with Crippen molar-refractivity contribution in [1.82, 2.24) is 0 Å². The molecule has 24 heavy (non-hydrogen) atoms. The first-order valence-electron chi connectivity index (χ1n) is 8.23. The van der Waals surface area contributed by atoms with E-state index in [2.05, 4.69) is 0 Å². The molecule has 0 heterocycles. The molecule has 0 spiro atoms. The first kappa shape index (κ1) is 19.9. The lowest BCUT2D eigenvalue weighted by atomic mass is 9.68. The minimum absolute atomic E-state index is 0.194. The standard InChI is InChI=1S/C20H28O4/c1-12(2)7-9-20(10-8-13(3)4)16(22)11-15(21)17(19(20)24)18(23)14(5)6/h7-8,11,14,21-22H,9-10H2,1-6H3. The number of hydrogen-bond donors (Lipinski definition) is 2. The molecule has 2 N–H and O–H groups in total. The van der Waals surface area contributed by atoms with Gasteiger partial charge in [0.1, 0.15) is 17.1 Å². The van der Waals surface area contributed by atoms with Crippen LogP contribution in [0.1, 0.15) is 54.4 Å². The topological polar surface area (TPSA) is 74.6 Å². The van der Waals surface area contributed by atoms with Crippen molar-refractivity contribution in [2.75, 3.05) is 0 Å².